The highest BCUT2D eigenvalue weighted by Gasteiger charge is 2.40. The monoisotopic (exact) mass is 1000 g/mol. The molecule has 0 amide bonds. The summed E-state index contributed by atoms with van der Waals surface area (Å²) in [5.74, 6) is -0.0588. The van der Waals surface area contributed by atoms with Crippen molar-refractivity contribution in [1.82, 2.24) is 0 Å². The Kier molecular flexibility index (Phi) is 12.6. The fourth-order valence-corrected chi connectivity index (χ4v) is 11.7. The van der Waals surface area contributed by atoms with E-state index in [0.29, 0.717) is 11.3 Å². The van der Waals surface area contributed by atoms with Gasteiger partial charge in [0.15, 0.2) is 5.69 Å². The minimum absolute atomic E-state index is 0.0588. The van der Waals surface area contributed by atoms with Crippen molar-refractivity contribution >= 4 is 28.4 Å². The van der Waals surface area contributed by atoms with Crippen molar-refractivity contribution < 1.29 is 0 Å². The van der Waals surface area contributed by atoms with Crippen LogP contribution in [0.25, 0.3) is 49.4 Å². The molecule has 0 radical (unpaired) electrons. The van der Waals surface area contributed by atoms with Crippen LogP contribution >= 0.6 is 0 Å². The van der Waals surface area contributed by atoms with Crippen LogP contribution in [0.4, 0.5) is 28.4 Å². The SMILES string of the molecule is [C-]#[N+]c1ccc(N(C2=C3C=CC4=C5C(=CC=C(C=C2)C35)C(N(c2ccc(C#N)cc2)c2ccc(-c3ccc(C)c(C)c3)cc2-c2ccc(C)c(C)c2)C=C4)c2ccc(-c3ccc(C)c(C)c3)cc2-c2ccc(C)c(C)c2)cc1. The lowest BCUT2D eigenvalue weighted by atomic mass is 9.67. The Labute approximate surface area is 460 Å². The molecule has 0 heterocycles. The molecule has 0 aliphatic heterocycles. The van der Waals surface area contributed by atoms with Crippen molar-refractivity contribution in [3.8, 4) is 50.6 Å². The van der Waals surface area contributed by atoms with E-state index in [1.165, 1.54) is 83.5 Å². The fourth-order valence-electron chi connectivity index (χ4n) is 11.7. The Bertz CT molecular complexity index is 4130. The summed E-state index contributed by atoms with van der Waals surface area (Å²) in [4.78, 5) is 8.72. The molecular formula is C74H60N4. The first-order valence-corrected chi connectivity index (χ1v) is 27.0. The normalized spacial score (nSPS) is 15.8. The zero-order valence-electron chi connectivity index (χ0n) is 45.6. The van der Waals surface area contributed by atoms with Crippen LogP contribution in [0.3, 0.4) is 0 Å². The number of nitriles is 1. The van der Waals surface area contributed by atoms with Gasteiger partial charge in [-0.25, -0.2) is 4.85 Å². The van der Waals surface area contributed by atoms with Gasteiger partial charge in [0.2, 0.25) is 0 Å². The molecule has 0 saturated heterocycles. The first-order valence-electron chi connectivity index (χ1n) is 27.0. The Morgan fingerprint density at radius 1 is 0.462 bits per heavy atom. The molecule has 2 unspecified atom stereocenters. The maximum Gasteiger partial charge on any atom is 0.187 e. The standard InChI is InChI=1S/C74H60N4/c1-45-10-16-56(38-49(45)5)58-24-36-71(67(42-58)60-18-12-47(3)51(7)40-60)77(63-28-14-53(44-75)15-29-63)69-34-22-54-21-33-66-70(35-23-55-20-32-65(69)73(54)74(55)66)78(64-30-26-62(76-9)27-31-64)72-37-25-59(57-17-11-46(2)50(6)39-57)43-68(72)61-19-13-48(4)52(8)41-61/h10-43,69,74H,1-8H3. The molecule has 0 bridgehead atoms. The lowest BCUT2D eigenvalue weighted by Gasteiger charge is -2.44. The van der Waals surface area contributed by atoms with Gasteiger partial charge >= 0.3 is 0 Å². The molecular weight excluding hydrogens is 945 g/mol. The van der Waals surface area contributed by atoms with Crippen LogP contribution in [0.1, 0.15) is 50.1 Å². The molecule has 0 aromatic heterocycles. The molecule has 4 heteroatoms. The number of hydrogen-bond donors (Lipinski definition) is 0. The van der Waals surface area contributed by atoms with Crippen LogP contribution in [-0.4, -0.2) is 6.04 Å². The highest BCUT2D eigenvalue weighted by atomic mass is 15.2. The summed E-state index contributed by atoms with van der Waals surface area (Å²) >= 11 is 0. The first kappa shape index (κ1) is 49.4. The Morgan fingerprint density at radius 2 is 0.962 bits per heavy atom. The van der Waals surface area contributed by atoms with E-state index in [2.05, 4.69) is 258 Å². The summed E-state index contributed by atoms with van der Waals surface area (Å²) in [5, 5.41) is 10.0. The predicted octanol–water partition coefficient (Wildman–Crippen LogP) is 19.3. The van der Waals surface area contributed by atoms with Gasteiger partial charge in [-0.3, -0.25) is 0 Å². The molecule has 4 aliphatic rings. The van der Waals surface area contributed by atoms with Gasteiger partial charge in [-0.15, -0.1) is 0 Å². The number of allylic oxidation sites excluding steroid dienone is 10. The molecule has 12 rings (SSSR count). The third-order valence-electron chi connectivity index (χ3n) is 16.8. The second-order valence-corrected chi connectivity index (χ2v) is 21.6. The summed E-state index contributed by atoms with van der Waals surface area (Å²) in [6.45, 7) is 25.4. The van der Waals surface area contributed by atoms with E-state index in [4.69, 9.17) is 6.57 Å². The molecule has 2 atom stereocenters. The van der Waals surface area contributed by atoms with Gasteiger partial charge in [0.05, 0.1) is 35.6 Å². The third-order valence-corrected chi connectivity index (χ3v) is 16.8. The minimum Gasteiger partial charge on any atom is -0.330 e. The van der Waals surface area contributed by atoms with E-state index in [1.807, 2.05) is 24.3 Å². The molecule has 8 aromatic carbocycles. The average molecular weight is 1010 g/mol. The van der Waals surface area contributed by atoms with E-state index in [1.54, 1.807) is 0 Å². The van der Waals surface area contributed by atoms with E-state index in [-0.39, 0.29) is 12.0 Å². The van der Waals surface area contributed by atoms with Crippen LogP contribution < -0.4 is 9.80 Å². The van der Waals surface area contributed by atoms with Crippen molar-refractivity contribution in [2.75, 3.05) is 9.80 Å². The Morgan fingerprint density at radius 3 is 1.51 bits per heavy atom. The van der Waals surface area contributed by atoms with Crippen LogP contribution in [-0.2, 0) is 0 Å². The van der Waals surface area contributed by atoms with Gasteiger partial charge in [-0.05, 0) is 228 Å². The Balaban J connectivity index is 1.03. The summed E-state index contributed by atoms with van der Waals surface area (Å²) < 4.78 is 0. The van der Waals surface area contributed by atoms with E-state index < -0.39 is 0 Å². The van der Waals surface area contributed by atoms with Gasteiger partial charge in [0.1, 0.15) is 0 Å². The number of benzene rings is 8. The van der Waals surface area contributed by atoms with Gasteiger partial charge in [-0.2, -0.15) is 5.26 Å². The minimum atomic E-state index is -0.207. The molecule has 4 nitrogen and oxygen atoms in total. The zero-order chi connectivity index (χ0) is 53.9. The van der Waals surface area contributed by atoms with Crippen molar-refractivity contribution in [1.29, 1.82) is 5.26 Å². The maximum atomic E-state index is 10.0. The van der Waals surface area contributed by atoms with Crippen LogP contribution in [0.5, 0.6) is 0 Å². The average Bonchev–Trinajstić information content (AvgIpc) is 3.55. The zero-order valence-corrected chi connectivity index (χ0v) is 45.6. The largest absolute Gasteiger partial charge is 0.330 e. The molecule has 0 saturated carbocycles. The molecule has 78 heavy (non-hydrogen) atoms. The van der Waals surface area contributed by atoms with Crippen molar-refractivity contribution in [2.45, 2.75) is 61.4 Å². The second kappa shape index (κ2) is 19.9. The molecule has 0 spiro atoms. The summed E-state index contributed by atoms with van der Waals surface area (Å²) in [5.41, 5.74) is 31.9. The Hall–Kier alpha value is -9.48. The van der Waals surface area contributed by atoms with E-state index in [0.717, 1.165) is 61.8 Å². The lowest BCUT2D eigenvalue weighted by Crippen LogP contribution is -2.37. The van der Waals surface area contributed by atoms with Gasteiger partial charge < -0.3 is 9.80 Å². The third kappa shape index (κ3) is 8.76. The second-order valence-electron chi connectivity index (χ2n) is 21.6. The quantitative estimate of drug-likeness (QED) is 0.128. The number of hydrogen-bond acceptors (Lipinski definition) is 3. The van der Waals surface area contributed by atoms with Crippen molar-refractivity contribution in [3.05, 3.63) is 301 Å². The highest BCUT2D eigenvalue weighted by molar-refractivity contribution is 5.92. The summed E-state index contributed by atoms with van der Waals surface area (Å²) in [7, 11) is 0. The first-order chi connectivity index (χ1) is 37.8. The predicted molar refractivity (Wildman–Crippen MR) is 326 cm³/mol. The van der Waals surface area contributed by atoms with Crippen LogP contribution in [0, 0.1) is 79.2 Å². The van der Waals surface area contributed by atoms with Crippen molar-refractivity contribution in [3.63, 3.8) is 0 Å². The van der Waals surface area contributed by atoms with Gasteiger partial charge in [0, 0.05) is 34.1 Å². The maximum absolute atomic E-state index is 10.0. The smallest absolute Gasteiger partial charge is 0.187 e. The van der Waals surface area contributed by atoms with E-state index >= 15 is 0 Å². The van der Waals surface area contributed by atoms with E-state index in [9.17, 15) is 5.26 Å². The fraction of sp³-hybridized carbons (Fsp3) is 0.135. The van der Waals surface area contributed by atoms with Crippen molar-refractivity contribution in [2.24, 2.45) is 5.92 Å². The highest BCUT2D eigenvalue weighted by Crippen LogP contribution is 2.53. The summed E-state index contributed by atoms with van der Waals surface area (Å²) in [6.07, 6.45) is 18.6. The molecule has 0 fully saturated rings. The molecule has 0 N–H and O–H groups in total. The molecule has 4 aliphatic carbocycles. The number of anilines is 4. The van der Waals surface area contributed by atoms with Gasteiger partial charge in [-0.1, -0.05) is 140 Å². The number of rotatable bonds is 10. The topological polar surface area (TPSA) is 34.6 Å². The summed E-state index contributed by atoms with van der Waals surface area (Å²) in [6, 6.07) is 59.3. The lowest BCUT2D eigenvalue weighted by molar-refractivity contribution is 0.773. The van der Waals surface area contributed by atoms with Crippen LogP contribution in [0.2, 0.25) is 0 Å². The number of aryl methyl sites for hydroxylation is 8. The molecule has 376 valence electrons. The van der Waals surface area contributed by atoms with Gasteiger partial charge in [0.25, 0.3) is 0 Å². The molecule has 8 aromatic rings. The van der Waals surface area contributed by atoms with Crippen LogP contribution in [0.15, 0.2) is 240 Å². The number of nitrogens with zero attached hydrogens (tertiary/aromatic N) is 4.